The molecule has 0 radical (unpaired) electrons. The van der Waals surface area contributed by atoms with E-state index < -0.39 is 10.0 Å². The van der Waals surface area contributed by atoms with E-state index in [1.54, 1.807) is 10.4 Å². The Kier molecular flexibility index (Phi) is 8.75. The first-order chi connectivity index (χ1) is 14.9. The van der Waals surface area contributed by atoms with E-state index in [1.807, 2.05) is 0 Å². The predicted octanol–water partition coefficient (Wildman–Crippen LogP) is 3.11. The molecule has 8 heteroatoms. The normalized spacial score (nSPS) is 19.7. The highest BCUT2D eigenvalue weighted by Gasteiger charge is 2.27. The van der Waals surface area contributed by atoms with Crippen LogP contribution in [-0.4, -0.2) is 69.9 Å². The molecule has 1 aromatic rings. The first kappa shape index (κ1) is 24.0. The first-order valence-electron chi connectivity index (χ1n) is 11.6. The molecule has 3 rings (SSSR count). The van der Waals surface area contributed by atoms with Crippen molar-refractivity contribution in [1.29, 1.82) is 0 Å². The van der Waals surface area contributed by atoms with Crippen LogP contribution in [0, 0.1) is 5.92 Å². The van der Waals surface area contributed by atoms with E-state index in [2.05, 4.69) is 17.1 Å². The lowest BCUT2D eigenvalue weighted by Gasteiger charge is -2.30. The predicted molar refractivity (Wildman–Crippen MR) is 122 cm³/mol. The van der Waals surface area contributed by atoms with E-state index in [-0.39, 0.29) is 16.4 Å². The Morgan fingerprint density at radius 1 is 1.10 bits per heavy atom. The summed E-state index contributed by atoms with van der Waals surface area (Å²) < 4.78 is 33.1. The van der Waals surface area contributed by atoms with Crippen molar-refractivity contribution in [1.82, 2.24) is 14.5 Å². The van der Waals surface area contributed by atoms with Gasteiger partial charge in [0.05, 0.1) is 17.6 Å². The van der Waals surface area contributed by atoms with E-state index in [1.165, 1.54) is 32.1 Å². The van der Waals surface area contributed by atoms with Crippen molar-refractivity contribution < 1.29 is 17.9 Å². The Labute approximate surface area is 187 Å². The average molecular weight is 452 g/mol. The number of hydrogen-bond acceptors (Lipinski definition) is 5. The topological polar surface area (TPSA) is 79.0 Å². The fourth-order valence-corrected chi connectivity index (χ4v) is 5.89. The molecule has 174 valence electrons. The van der Waals surface area contributed by atoms with Gasteiger partial charge in [-0.15, -0.1) is 0 Å². The van der Waals surface area contributed by atoms with Crippen LogP contribution in [0.2, 0.25) is 0 Å². The zero-order valence-electron chi connectivity index (χ0n) is 18.9. The van der Waals surface area contributed by atoms with Gasteiger partial charge in [0.25, 0.3) is 5.91 Å². The molecule has 0 spiro atoms. The van der Waals surface area contributed by atoms with Crippen LogP contribution in [0.4, 0.5) is 0 Å². The number of piperidine rings is 1. The van der Waals surface area contributed by atoms with Gasteiger partial charge in [-0.2, -0.15) is 4.31 Å². The van der Waals surface area contributed by atoms with Crippen molar-refractivity contribution in [2.75, 3.05) is 46.4 Å². The first-order valence-corrected chi connectivity index (χ1v) is 13.0. The number of carbonyl (C=O) groups is 1. The third-order valence-electron chi connectivity index (χ3n) is 6.43. The third-order valence-corrected chi connectivity index (χ3v) is 8.33. The van der Waals surface area contributed by atoms with Crippen LogP contribution in [-0.2, 0) is 10.0 Å². The van der Waals surface area contributed by atoms with Gasteiger partial charge in [0.2, 0.25) is 10.0 Å². The highest BCUT2D eigenvalue weighted by Crippen LogP contribution is 2.26. The van der Waals surface area contributed by atoms with E-state index in [0.717, 1.165) is 57.7 Å². The van der Waals surface area contributed by atoms with Crippen LogP contribution >= 0.6 is 0 Å². The van der Waals surface area contributed by atoms with Crippen molar-refractivity contribution >= 4 is 15.9 Å². The van der Waals surface area contributed by atoms with Gasteiger partial charge in [0.15, 0.2) is 0 Å². The number of hydrogen-bond donors (Lipinski definition) is 1. The number of nitrogens with one attached hydrogen (secondary N) is 1. The van der Waals surface area contributed by atoms with Gasteiger partial charge in [-0.3, -0.25) is 4.79 Å². The summed E-state index contributed by atoms with van der Waals surface area (Å²) >= 11 is 0. The van der Waals surface area contributed by atoms with Crippen molar-refractivity contribution in [2.24, 2.45) is 5.92 Å². The lowest BCUT2D eigenvalue weighted by molar-refractivity contribution is 0.0947. The van der Waals surface area contributed by atoms with Gasteiger partial charge >= 0.3 is 0 Å². The summed E-state index contributed by atoms with van der Waals surface area (Å²) in [5.74, 6) is 0.899. The minimum atomic E-state index is -3.62. The molecule has 7 nitrogen and oxygen atoms in total. The fraction of sp³-hybridized carbons (Fsp3) is 0.696. The Morgan fingerprint density at radius 2 is 1.77 bits per heavy atom. The van der Waals surface area contributed by atoms with Crippen LogP contribution < -0.4 is 10.1 Å². The number of sulfonamides is 1. The molecule has 1 aromatic carbocycles. The number of rotatable bonds is 8. The summed E-state index contributed by atoms with van der Waals surface area (Å²) in [5, 5.41) is 2.94. The summed E-state index contributed by atoms with van der Waals surface area (Å²) in [5.41, 5.74) is 0.269. The van der Waals surface area contributed by atoms with E-state index in [4.69, 9.17) is 4.74 Å². The molecule has 0 aromatic heterocycles. The van der Waals surface area contributed by atoms with E-state index in [0.29, 0.717) is 25.4 Å². The molecule has 0 aliphatic carbocycles. The molecule has 31 heavy (non-hydrogen) atoms. The Balaban J connectivity index is 1.62. The molecule has 0 atom stereocenters. The SMILES string of the molecule is COc1ccc(S(=O)(=O)N2CCCCCC2)cc1C(=O)NCCCN1CCC(C)CC1. The van der Waals surface area contributed by atoms with Crippen LogP contribution in [0.1, 0.15) is 62.2 Å². The molecule has 2 fully saturated rings. The average Bonchev–Trinajstić information content (AvgIpc) is 3.07. The number of methoxy groups -OCH3 is 1. The molecule has 0 saturated carbocycles. The highest BCUT2D eigenvalue weighted by atomic mass is 32.2. The summed E-state index contributed by atoms with van der Waals surface area (Å²) in [6.45, 7) is 7.13. The number of amides is 1. The van der Waals surface area contributed by atoms with Gasteiger partial charge < -0.3 is 15.0 Å². The molecule has 2 aliphatic rings. The number of likely N-dealkylation sites (tertiary alicyclic amines) is 1. The van der Waals surface area contributed by atoms with Gasteiger partial charge in [0.1, 0.15) is 5.75 Å². The van der Waals surface area contributed by atoms with Gasteiger partial charge in [-0.1, -0.05) is 19.8 Å². The number of nitrogens with zero attached hydrogens (tertiary/aromatic N) is 2. The quantitative estimate of drug-likeness (QED) is 0.615. The van der Waals surface area contributed by atoms with Crippen LogP contribution in [0.15, 0.2) is 23.1 Å². The van der Waals surface area contributed by atoms with Gasteiger partial charge in [-0.05, 0) is 75.9 Å². The van der Waals surface area contributed by atoms with Crippen LogP contribution in [0.5, 0.6) is 5.75 Å². The fourth-order valence-electron chi connectivity index (χ4n) is 4.34. The lowest BCUT2D eigenvalue weighted by Crippen LogP contribution is -2.35. The maximum atomic E-state index is 13.1. The molecular formula is C23H37N3O4S. The zero-order chi connectivity index (χ0) is 22.3. The summed E-state index contributed by atoms with van der Waals surface area (Å²) in [6, 6.07) is 4.57. The Bertz CT molecular complexity index is 827. The zero-order valence-corrected chi connectivity index (χ0v) is 19.8. The number of carbonyl (C=O) groups excluding carboxylic acids is 1. The molecule has 0 unspecified atom stereocenters. The standard InChI is InChI=1S/C23H37N3O4S/c1-19-10-16-25(17-11-19)13-7-12-24-23(27)21-18-20(8-9-22(21)30-2)31(28,29)26-14-5-3-4-6-15-26/h8-9,18-19H,3-7,10-17H2,1-2H3,(H,24,27). The van der Waals surface area contributed by atoms with Crippen LogP contribution in [0.25, 0.3) is 0 Å². The van der Waals surface area contributed by atoms with Gasteiger partial charge in [-0.25, -0.2) is 8.42 Å². The Hall–Kier alpha value is -1.64. The molecular weight excluding hydrogens is 414 g/mol. The second-order valence-electron chi connectivity index (χ2n) is 8.81. The molecule has 0 bridgehead atoms. The highest BCUT2D eigenvalue weighted by molar-refractivity contribution is 7.89. The second kappa shape index (κ2) is 11.3. The minimum Gasteiger partial charge on any atom is -0.496 e. The molecule has 2 saturated heterocycles. The summed E-state index contributed by atoms with van der Waals surface area (Å²) in [4.78, 5) is 15.4. The maximum absolute atomic E-state index is 13.1. The largest absolute Gasteiger partial charge is 0.496 e. The minimum absolute atomic E-state index is 0.155. The number of ether oxygens (including phenoxy) is 1. The van der Waals surface area contributed by atoms with E-state index in [9.17, 15) is 13.2 Å². The van der Waals surface area contributed by atoms with Crippen molar-refractivity contribution in [3.63, 3.8) is 0 Å². The summed E-state index contributed by atoms with van der Waals surface area (Å²) in [6.07, 6.45) is 7.20. The maximum Gasteiger partial charge on any atom is 0.255 e. The second-order valence-corrected chi connectivity index (χ2v) is 10.8. The summed E-state index contributed by atoms with van der Waals surface area (Å²) in [7, 11) is -2.13. The third kappa shape index (κ3) is 6.43. The van der Waals surface area contributed by atoms with E-state index >= 15 is 0 Å². The lowest BCUT2D eigenvalue weighted by atomic mass is 9.99. The molecule has 1 amide bonds. The number of benzene rings is 1. The smallest absolute Gasteiger partial charge is 0.255 e. The monoisotopic (exact) mass is 451 g/mol. The van der Waals surface area contributed by atoms with Gasteiger partial charge in [0, 0.05) is 19.6 Å². The molecule has 1 N–H and O–H groups in total. The Morgan fingerprint density at radius 3 is 2.42 bits per heavy atom. The molecule has 2 heterocycles. The van der Waals surface area contributed by atoms with Crippen molar-refractivity contribution in [3.05, 3.63) is 23.8 Å². The van der Waals surface area contributed by atoms with Crippen LogP contribution in [0.3, 0.4) is 0 Å². The van der Waals surface area contributed by atoms with Crippen molar-refractivity contribution in [3.8, 4) is 5.75 Å². The van der Waals surface area contributed by atoms with Crippen molar-refractivity contribution in [2.45, 2.75) is 56.8 Å². The molecule has 2 aliphatic heterocycles.